The van der Waals surface area contributed by atoms with E-state index in [0.717, 1.165) is 35.7 Å². The smallest absolute Gasteiger partial charge is 0.193 e. The van der Waals surface area contributed by atoms with E-state index in [9.17, 15) is 0 Å². The molecule has 1 N–H and O–H groups in total. The van der Waals surface area contributed by atoms with Gasteiger partial charge < -0.3 is 5.32 Å². The molecule has 5 nitrogen and oxygen atoms in total. The molecule has 0 aliphatic carbocycles. The van der Waals surface area contributed by atoms with Crippen LogP contribution < -0.4 is 5.32 Å². The number of hydrogen-bond donors (Lipinski definition) is 1. The number of hydrogen-bond acceptors (Lipinski definition) is 5. The second kappa shape index (κ2) is 6.11. The lowest BCUT2D eigenvalue weighted by molar-refractivity contribution is 0.513. The van der Waals surface area contributed by atoms with E-state index in [1.54, 1.807) is 23.9 Å². The van der Waals surface area contributed by atoms with Gasteiger partial charge in [-0.2, -0.15) is 0 Å². The minimum atomic E-state index is 0.183. The van der Waals surface area contributed by atoms with Gasteiger partial charge in [0.15, 0.2) is 4.96 Å². The first-order valence-electron chi connectivity index (χ1n) is 6.77. The van der Waals surface area contributed by atoms with Crippen molar-refractivity contribution in [1.82, 2.24) is 24.7 Å². The Balaban J connectivity index is 1.80. The van der Waals surface area contributed by atoms with Gasteiger partial charge in [-0.1, -0.05) is 6.92 Å². The minimum Gasteiger partial charge on any atom is -0.308 e. The van der Waals surface area contributed by atoms with Gasteiger partial charge in [0.2, 0.25) is 0 Å². The molecule has 0 spiro atoms. The van der Waals surface area contributed by atoms with Crippen molar-refractivity contribution in [3.05, 3.63) is 47.8 Å². The molecule has 0 fully saturated rings. The van der Waals surface area contributed by atoms with Gasteiger partial charge in [0, 0.05) is 30.4 Å². The number of nitrogens with one attached hydrogen (secondary N) is 1. The summed E-state index contributed by atoms with van der Waals surface area (Å²) in [6, 6.07) is 2.15. The predicted octanol–water partition coefficient (Wildman–Crippen LogP) is 2.47. The highest BCUT2D eigenvalue weighted by Crippen LogP contribution is 2.18. The Morgan fingerprint density at radius 1 is 1.45 bits per heavy atom. The molecule has 3 aromatic heterocycles. The van der Waals surface area contributed by atoms with Crippen LogP contribution in [0.15, 0.2) is 36.4 Å². The molecule has 3 rings (SSSR count). The summed E-state index contributed by atoms with van der Waals surface area (Å²) in [5, 5.41) is 5.58. The molecule has 0 radical (unpaired) electrons. The molecule has 0 bridgehead atoms. The second-order valence-electron chi connectivity index (χ2n) is 4.67. The van der Waals surface area contributed by atoms with Crippen molar-refractivity contribution in [2.45, 2.75) is 25.8 Å². The number of imidazole rings is 1. The Morgan fingerprint density at radius 2 is 2.40 bits per heavy atom. The highest BCUT2D eigenvalue weighted by atomic mass is 32.1. The van der Waals surface area contributed by atoms with Crippen molar-refractivity contribution in [3.8, 4) is 0 Å². The summed E-state index contributed by atoms with van der Waals surface area (Å²) in [6.45, 7) is 3.13. The summed E-state index contributed by atoms with van der Waals surface area (Å²) in [7, 11) is 0. The summed E-state index contributed by atoms with van der Waals surface area (Å²) in [6.07, 6.45) is 9.45. The van der Waals surface area contributed by atoms with Crippen LogP contribution in [0.5, 0.6) is 0 Å². The van der Waals surface area contributed by atoms with Crippen LogP contribution in [-0.2, 0) is 6.42 Å². The van der Waals surface area contributed by atoms with Crippen LogP contribution in [0.1, 0.15) is 30.8 Å². The van der Waals surface area contributed by atoms with E-state index in [1.165, 1.54) is 0 Å². The van der Waals surface area contributed by atoms with Gasteiger partial charge in [-0.25, -0.2) is 15.0 Å². The Morgan fingerprint density at radius 3 is 3.15 bits per heavy atom. The number of nitrogens with zero attached hydrogens (tertiary/aromatic N) is 4. The summed E-state index contributed by atoms with van der Waals surface area (Å²) in [5.74, 6) is 0. The molecular weight excluding hydrogens is 270 g/mol. The molecule has 0 saturated carbocycles. The van der Waals surface area contributed by atoms with Crippen LogP contribution in [-0.4, -0.2) is 25.9 Å². The molecule has 104 valence electrons. The largest absolute Gasteiger partial charge is 0.308 e. The molecule has 20 heavy (non-hydrogen) atoms. The first kappa shape index (κ1) is 13.2. The van der Waals surface area contributed by atoms with Gasteiger partial charge in [-0.3, -0.25) is 4.40 Å². The molecule has 1 atom stereocenters. The van der Waals surface area contributed by atoms with Gasteiger partial charge in [-0.05, 0) is 19.0 Å². The average Bonchev–Trinajstić information content (AvgIpc) is 3.05. The summed E-state index contributed by atoms with van der Waals surface area (Å²) in [4.78, 5) is 14.0. The Kier molecular flexibility index (Phi) is 4.03. The monoisotopic (exact) mass is 287 g/mol. The lowest BCUT2D eigenvalue weighted by Gasteiger charge is -2.16. The third kappa shape index (κ3) is 2.86. The molecule has 0 aliphatic heterocycles. The third-order valence-corrected chi connectivity index (χ3v) is 3.93. The second-order valence-corrected chi connectivity index (χ2v) is 5.54. The van der Waals surface area contributed by atoms with Crippen molar-refractivity contribution in [1.29, 1.82) is 0 Å². The van der Waals surface area contributed by atoms with Crippen molar-refractivity contribution in [2.24, 2.45) is 0 Å². The highest BCUT2D eigenvalue weighted by molar-refractivity contribution is 7.15. The molecule has 0 aromatic carbocycles. The van der Waals surface area contributed by atoms with Crippen LogP contribution in [0.3, 0.4) is 0 Å². The zero-order valence-electron chi connectivity index (χ0n) is 11.4. The van der Waals surface area contributed by atoms with Gasteiger partial charge in [0.25, 0.3) is 0 Å². The lowest BCUT2D eigenvalue weighted by atomic mass is 10.1. The summed E-state index contributed by atoms with van der Waals surface area (Å²) >= 11 is 1.65. The van der Waals surface area contributed by atoms with Crippen molar-refractivity contribution < 1.29 is 0 Å². The highest BCUT2D eigenvalue weighted by Gasteiger charge is 2.15. The van der Waals surface area contributed by atoms with Gasteiger partial charge in [0.05, 0.1) is 17.4 Å². The van der Waals surface area contributed by atoms with E-state index in [2.05, 4.69) is 37.8 Å². The van der Waals surface area contributed by atoms with E-state index in [-0.39, 0.29) is 6.04 Å². The SMILES string of the molecule is CCCNC(Cc1cn2ccsc2n1)c1ccncn1. The van der Waals surface area contributed by atoms with E-state index in [4.69, 9.17) is 0 Å². The zero-order chi connectivity index (χ0) is 13.8. The van der Waals surface area contributed by atoms with Crippen LogP contribution in [0.25, 0.3) is 4.96 Å². The number of aromatic nitrogens is 4. The predicted molar refractivity (Wildman–Crippen MR) is 79.8 cm³/mol. The van der Waals surface area contributed by atoms with Gasteiger partial charge in [0.1, 0.15) is 6.33 Å². The number of fused-ring (bicyclic) bond motifs is 1. The van der Waals surface area contributed by atoms with E-state index in [0.29, 0.717) is 0 Å². The van der Waals surface area contributed by atoms with E-state index >= 15 is 0 Å². The molecule has 3 aromatic rings. The summed E-state index contributed by atoms with van der Waals surface area (Å²) in [5.41, 5.74) is 2.11. The van der Waals surface area contributed by atoms with Crippen molar-refractivity contribution in [3.63, 3.8) is 0 Å². The standard InChI is InChI=1S/C14H17N5S/c1-2-4-16-13(12-3-5-15-10-17-12)8-11-9-19-6-7-20-14(19)18-11/h3,5-7,9-10,13,16H,2,4,8H2,1H3. The van der Waals surface area contributed by atoms with E-state index in [1.807, 2.05) is 17.6 Å². The van der Waals surface area contributed by atoms with E-state index < -0.39 is 0 Å². The summed E-state index contributed by atoms with van der Waals surface area (Å²) < 4.78 is 2.07. The molecule has 0 amide bonds. The van der Waals surface area contributed by atoms with Gasteiger partial charge in [-0.15, -0.1) is 11.3 Å². The fourth-order valence-corrected chi connectivity index (χ4v) is 2.91. The molecule has 0 saturated heterocycles. The Hall–Kier alpha value is -1.79. The topological polar surface area (TPSA) is 55.1 Å². The quantitative estimate of drug-likeness (QED) is 0.756. The number of rotatable bonds is 6. The fraction of sp³-hybridized carbons (Fsp3) is 0.357. The fourth-order valence-electron chi connectivity index (χ4n) is 2.19. The lowest BCUT2D eigenvalue weighted by Crippen LogP contribution is -2.25. The van der Waals surface area contributed by atoms with Crippen LogP contribution in [0.4, 0.5) is 0 Å². The van der Waals surface area contributed by atoms with Crippen LogP contribution in [0, 0.1) is 0 Å². The molecule has 6 heteroatoms. The molecular formula is C14H17N5S. The Bertz CT molecular complexity index is 632. The molecule has 0 aliphatic rings. The van der Waals surface area contributed by atoms with Crippen LogP contribution >= 0.6 is 11.3 Å². The van der Waals surface area contributed by atoms with Gasteiger partial charge >= 0.3 is 0 Å². The molecule has 1 unspecified atom stereocenters. The van der Waals surface area contributed by atoms with Crippen LogP contribution in [0.2, 0.25) is 0 Å². The average molecular weight is 287 g/mol. The normalized spacial score (nSPS) is 12.8. The Labute approximate surface area is 121 Å². The van der Waals surface area contributed by atoms with Crippen molar-refractivity contribution >= 4 is 16.3 Å². The third-order valence-electron chi connectivity index (χ3n) is 3.16. The number of thiazole rings is 1. The first-order chi connectivity index (χ1) is 9.86. The van der Waals surface area contributed by atoms with Crippen molar-refractivity contribution in [2.75, 3.05) is 6.54 Å². The maximum absolute atomic E-state index is 4.64. The molecule has 3 heterocycles. The maximum atomic E-state index is 4.64. The minimum absolute atomic E-state index is 0.183. The first-order valence-corrected chi connectivity index (χ1v) is 7.65. The maximum Gasteiger partial charge on any atom is 0.193 e. The zero-order valence-corrected chi connectivity index (χ0v) is 12.2.